The van der Waals surface area contributed by atoms with Crippen LogP contribution >= 0.6 is 0 Å². The number of hydrogen-bond donors (Lipinski definition) is 1. The van der Waals surface area contributed by atoms with Crippen LogP contribution in [0, 0.1) is 5.92 Å². The SMILES string of the molecule is C=C1CC[C@H]2[C@H]3Cc4ccccc4[C@@]2(CCN3)C1. The van der Waals surface area contributed by atoms with Gasteiger partial charge in [-0.25, -0.2) is 0 Å². The van der Waals surface area contributed by atoms with Gasteiger partial charge in [0.1, 0.15) is 0 Å². The predicted octanol–water partition coefficient (Wildman–Crippen LogP) is 3.20. The third-order valence-electron chi connectivity index (χ3n) is 5.54. The van der Waals surface area contributed by atoms with Gasteiger partial charge in [0.05, 0.1) is 0 Å². The fourth-order valence-corrected chi connectivity index (χ4v) is 4.85. The Morgan fingerprint density at radius 2 is 2.17 bits per heavy atom. The third-order valence-corrected chi connectivity index (χ3v) is 5.54. The first-order chi connectivity index (χ1) is 8.79. The molecule has 0 amide bonds. The monoisotopic (exact) mass is 239 g/mol. The van der Waals surface area contributed by atoms with Crippen molar-refractivity contribution in [2.75, 3.05) is 6.54 Å². The second-order valence-electron chi connectivity index (χ2n) is 6.40. The highest BCUT2D eigenvalue weighted by Crippen LogP contribution is 2.54. The fraction of sp³-hybridized carbons (Fsp3) is 0.529. The molecule has 1 saturated carbocycles. The van der Waals surface area contributed by atoms with Crippen molar-refractivity contribution >= 4 is 0 Å². The maximum Gasteiger partial charge on any atom is 0.0145 e. The zero-order valence-corrected chi connectivity index (χ0v) is 10.9. The Morgan fingerprint density at radius 1 is 1.28 bits per heavy atom. The van der Waals surface area contributed by atoms with Crippen LogP contribution in [0.2, 0.25) is 0 Å². The van der Waals surface area contributed by atoms with E-state index in [2.05, 4.69) is 36.2 Å². The summed E-state index contributed by atoms with van der Waals surface area (Å²) in [6.45, 7) is 5.48. The average molecular weight is 239 g/mol. The minimum absolute atomic E-state index is 0.417. The molecule has 2 bridgehead atoms. The second kappa shape index (κ2) is 3.71. The molecule has 0 radical (unpaired) electrons. The van der Waals surface area contributed by atoms with Gasteiger partial charge in [-0.05, 0) is 55.7 Å². The number of hydrogen-bond acceptors (Lipinski definition) is 1. The molecule has 0 spiro atoms. The van der Waals surface area contributed by atoms with Crippen molar-refractivity contribution < 1.29 is 0 Å². The van der Waals surface area contributed by atoms with E-state index >= 15 is 0 Å². The highest BCUT2D eigenvalue weighted by atomic mass is 15.0. The summed E-state index contributed by atoms with van der Waals surface area (Å²) < 4.78 is 0. The van der Waals surface area contributed by atoms with Crippen LogP contribution in [0.4, 0.5) is 0 Å². The van der Waals surface area contributed by atoms with Crippen molar-refractivity contribution in [2.24, 2.45) is 5.92 Å². The predicted molar refractivity (Wildman–Crippen MR) is 74.7 cm³/mol. The summed E-state index contributed by atoms with van der Waals surface area (Å²) in [5, 5.41) is 3.77. The highest BCUT2D eigenvalue weighted by molar-refractivity contribution is 5.42. The molecule has 18 heavy (non-hydrogen) atoms. The van der Waals surface area contributed by atoms with Gasteiger partial charge in [0.15, 0.2) is 0 Å². The number of piperidine rings is 1. The van der Waals surface area contributed by atoms with Gasteiger partial charge in [-0.1, -0.05) is 36.4 Å². The Labute approximate surface area is 109 Å². The standard InChI is InChI=1S/C17H21N/c1-12-6-7-15-16-10-13-4-2-3-5-14(13)17(15,11-12)8-9-18-16/h2-5,15-16,18H,1,6-11H2/t15-,16+,17+/m0/s1. The van der Waals surface area contributed by atoms with E-state index in [1.165, 1.54) is 44.2 Å². The molecule has 0 unspecified atom stereocenters. The van der Waals surface area contributed by atoms with Crippen LogP contribution < -0.4 is 5.32 Å². The van der Waals surface area contributed by atoms with Crippen LogP contribution in [0.3, 0.4) is 0 Å². The normalized spacial score (nSPS) is 37.9. The quantitative estimate of drug-likeness (QED) is 0.686. The number of allylic oxidation sites excluding steroid dienone is 1. The van der Waals surface area contributed by atoms with Crippen LogP contribution in [0.5, 0.6) is 0 Å². The van der Waals surface area contributed by atoms with Crippen molar-refractivity contribution in [2.45, 2.75) is 43.6 Å². The Morgan fingerprint density at radius 3 is 3.11 bits per heavy atom. The van der Waals surface area contributed by atoms with E-state index in [4.69, 9.17) is 0 Å². The molecule has 2 aliphatic carbocycles. The van der Waals surface area contributed by atoms with Gasteiger partial charge in [-0.3, -0.25) is 0 Å². The molecule has 3 aliphatic rings. The van der Waals surface area contributed by atoms with Crippen LogP contribution in [0.25, 0.3) is 0 Å². The first kappa shape index (κ1) is 10.8. The van der Waals surface area contributed by atoms with Crippen molar-refractivity contribution in [3.63, 3.8) is 0 Å². The van der Waals surface area contributed by atoms with Gasteiger partial charge in [0, 0.05) is 11.5 Å². The number of fused-ring (bicyclic) bond motifs is 1. The van der Waals surface area contributed by atoms with Gasteiger partial charge in [-0.15, -0.1) is 0 Å². The van der Waals surface area contributed by atoms with Crippen molar-refractivity contribution in [3.05, 3.63) is 47.5 Å². The third kappa shape index (κ3) is 1.31. The Bertz CT molecular complexity index is 504. The fourth-order valence-electron chi connectivity index (χ4n) is 4.85. The zero-order chi connectivity index (χ0) is 12.2. The Hall–Kier alpha value is -1.08. The molecular weight excluding hydrogens is 218 g/mol. The molecule has 1 aromatic rings. The first-order valence-electron chi connectivity index (χ1n) is 7.28. The van der Waals surface area contributed by atoms with Crippen LogP contribution in [-0.4, -0.2) is 12.6 Å². The highest BCUT2D eigenvalue weighted by Gasteiger charge is 2.51. The topological polar surface area (TPSA) is 12.0 Å². The number of rotatable bonds is 0. The molecule has 1 heteroatoms. The number of benzene rings is 1. The van der Waals surface area contributed by atoms with Crippen molar-refractivity contribution in [1.29, 1.82) is 0 Å². The summed E-state index contributed by atoms with van der Waals surface area (Å²) in [5.41, 5.74) is 5.12. The van der Waals surface area contributed by atoms with E-state index in [0.29, 0.717) is 11.5 Å². The molecule has 1 saturated heterocycles. The molecule has 0 aromatic heterocycles. The molecule has 4 rings (SSSR count). The Kier molecular flexibility index (Phi) is 2.23. The summed E-state index contributed by atoms with van der Waals surface area (Å²) in [7, 11) is 0. The van der Waals surface area contributed by atoms with Crippen molar-refractivity contribution in [1.82, 2.24) is 5.32 Å². The van der Waals surface area contributed by atoms with E-state index in [0.717, 1.165) is 5.92 Å². The first-order valence-corrected chi connectivity index (χ1v) is 7.28. The lowest BCUT2D eigenvalue weighted by Crippen LogP contribution is -2.59. The smallest absolute Gasteiger partial charge is 0.0145 e. The molecule has 1 nitrogen and oxygen atoms in total. The lowest BCUT2D eigenvalue weighted by Gasteiger charge is -2.56. The minimum atomic E-state index is 0.417. The lowest BCUT2D eigenvalue weighted by atomic mass is 9.52. The van der Waals surface area contributed by atoms with Gasteiger partial charge >= 0.3 is 0 Å². The molecule has 3 atom stereocenters. The maximum absolute atomic E-state index is 4.30. The van der Waals surface area contributed by atoms with Gasteiger partial charge < -0.3 is 5.32 Å². The largest absolute Gasteiger partial charge is 0.313 e. The summed E-state index contributed by atoms with van der Waals surface area (Å²) in [6.07, 6.45) is 6.34. The van der Waals surface area contributed by atoms with Gasteiger partial charge in [-0.2, -0.15) is 0 Å². The molecule has 1 heterocycles. The zero-order valence-electron chi connectivity index (χ0n) is 10.9. The van der Waals surface area contributed by atoms with E-state index in [9.17, 15) is 0 Å². The summed E-state index contributed by atoms with van der Waals surface area (Å²) >= 11 is 0. The number of nitrogens with one attached hydrogen (secondary N) is 1. The van der Waals surface area contributed by atoms with Crippen LogP contribution in [-0.2, 0) is 11.8 Å². The molecule has 94 valence electrons. The average Bonchev–Trinajstić information content (AvgIpc) is 2.38. The second-order valence-corrected chi connectivity index (χ2v) is 6.40. The minimum Gasteiger partial charge on any atom is -0.313 e. The molecule has 1 N–H and O–H groups in total. The van der Waals surface area contributed by atoms with E-state index in [1.807, 2.05) is 0 Å². The summed E-state index contributed by atoms with van der Waals surface area (Å²) in [4.78, 5) is 0. The maximum atomic E-state index is 4.30. The summed E-state index contributed by atoms with van der Waals surface area (Å²) in [6, 6.07) is 9.86. The molecule has 1 aliphatic heterocycles. The van der Waals surface area contributed by atoms with E-state index in [-0.39, 0.29) is 0 Å². The van der Waals surface area contributed by atoms with Gasteiger partial charge in [0.25, 0.3) is 0 Å². The van der Waals surface area contributed by atoms with Gasteiger partial charge in [0.2, 0.25) is 0 Å². The molecule has 2 fully saturated rings. The Balaban J connectivity index is 1.91. The van der Waals surface area contributed by atoms with E-state index in [1.54, 1.807) is 11.1 Å². The van der Waals surface area contributed by atoms with Crippen LogP contribution in [0.15, 0.2) is 36.4 Å². The summed E-state index contributed by atoms with van der Waals surface area (Å²) in [5.74, 6) is 0.839. The molecule has 1 aromatic carbocycles. The lowest BCUT2D eigenvalue weighted by molar-refractivity contribution is 0.100. The van der Waals surface area contributed by atoms with Crippen LogP contribution in [0.1, 0.15) is 36.8 Å². The van der Waals surface area contributed by atoms with E-state index < -0.39 is 0 Å². The molecular formula is C17H21N. The van der Waals surface area contributed by atoms with Crippen molar-refractivity contribution in [3.8, 4) is 0 Å².